The molecule has 10 heteroatoms. The number of nitrogens with zero attached hydrogens (tertiary/aromatic N) is 1. The minimum absolute atomic E-state index is 0.0435. The molecule has 4 saturated carbocycles. The summed E-state index contributed by atoms with van der Waals surface area (Å²) in [6.07, 6.45) is 7.04. The van der Waals surface area contributed by atoms with Gasteiger partial charge < -0.3 is 25.1 Å². The summed E-state index contributed by atoms with van der Waals surface area (Å²) >= 11 is 0. The molecule has 5 N–H and O–H groups in total. The summed E-state index contributed by atoms with van der Waals surface area (Å²) in [6, 6.07) is 0. The first-order chi connectivity index (χ1) is 19.9. The first kappa shape index (κ1) is 35.1. The lowest BCUT2D eigenvalue weighted by Gasteiger charge is -2.63. The number of hydrogen-bond acceptors (Lipinski definition) is 6. The zero-order valence-electron chi connectivity index (χ0n) is 27.5. The molecule has 9 nitrogen and oxygen atoms in total. The molecule has 0 heterocycles. The van der Waals surface area contributed by atoms with Gasteiger partial charge in [0.1, 0.15) is 0 Å². The molecule has 43 heavy (non-hydrogen) atoms. The quantitative estimate of drug-likeness (QED) is 0.126. The molecule has 1 amide bonds. The molecule has 4 aliphatic carbocycles. The third-order valence-corrected chi connectivity index (χ3v) is 13.9. The van der Waals surface area contributed by atoms with E-state index in [0.717, 1.165) is 64.3 Å². The van der Waals surface area contributed by atoms with Crippen molar-refractivity contribution in [3.8, 4) is 0 Å². The lowest BCUT2D eigenvalue weighted by atomic mass is 9.43. The van der Waals surface area contributed by atoms with Gasteiger partial charge in [0.05, 0.1) is 51.2 Å². The summed E-state index contributed by atoms with van der Waals surface area (Å²) in [7, 11) is 0.0856. The van der Waals surface area contributed by atoms with Crippen molar-refractivity contribution in [1.29, 1.82) is 0 Å². The summed E-state index contributed by atoms with van der Waals surface area (Å²) < 4.78 is 32.1. The number of aliphatic hydroxyl groups is 3. The maximum absolute atomic E-state index is 12.8. The predicted molar refractivity (Wildman–Crippen MR) is 167 cm³/mol. The van der Waals surface area contributed by atoms with Crippen LogP contribution in [-0.4, -0.2) is 96.5 Å². The molecule has 0 bridgehead atoms. The van der Waals surface area contributed by atoms with Crippen molar-refractivity contribution in [1.82, 2.24) is 5.32 Å². The lowest BCUT2D eigenvalue weighted by molar-refractivity contribution is -0.893. The highest BCUT2D eigenvalue weighted by Crippen LogP contribution is 2.68. The predicted octanol–water partition coefficient (Wildman–Crippen LogP) is 3.47. The fraction of sp³-hybridized carbons (Fsp3) is 0.970. The standard InChI is InChI=1S/C33H60N2O7S/c1-21(20-43(40,41)42)19-35(5,6)15-7-14-34-30(39)11-8-22(2)25-9-10-26-31-27(18-29(38)33(25,26)4)32(3)13-12-24(36)16-23(32)17-28(31)37/h21-29,31,36-38H,7-20H2,1-6H3,(H-,34,39,40,41,42)/p+1/t21?,22-,23+,24-,25-,26+,27+,28-,29+,31+,32+,33-/m1/s1. The van der Waals surface area contributed by atoms with Gasteiger partial charge in [0.25, 0.3) is 10.1 Å². The molecule has 1 unspecified atom stereocenters. The Morgan fingerprint density at radius 1 is 1.02 bits per heavy atom. The average molecular weight is 630 g/mol. The zero-order chi connectivity index (χ0) is 32.0. The van der Waals surface area contributed by atoms with E-state index in [0.29, 0.717) is 41.7 Å². The van der Waals surface area contributed by atoms with E-state index in [1.54, 1.807) is 0 Å². The second-order valence-electron chi connectivity index (χ2n) is 16.4. The monoisotopic (exact) mass is 629 g/mol. The number of amides is 1. The van der Waals surface area contributed by atoms with Crippen LogP contribution in [0.15, 0.2) is 0 Å². The Balaban J connectivity index is 1.27. The third kappa shape index (κ3) is 7.62. The molecular weight excluding hydrogens is 568 g/mol. The van der Waals surface area contributed by atoms with E-state index in [1.165, 1.54) is 0 Å². The summed E-state index contributed by atoms with van der Waals surface area (Å²) in [5, 5.41) is 36.7. The first-order valence-electron chi connectivity index (χ1n) is 17.0. The summed E-state index contributed by atoms with van der Waals surface area (Å²) in [4.78, 5) is 12.8. The van der Waals surface area contributed by atoms with Crippen LogP contribution >= 0.6 is 0 Å². The van der Waals surface area contributed by atoms with E-state index in [9.17, 15) is 28.5 Å². The van der Waals surface area contributed by atoms with Crippen molar-refractivity contribution in [2.24, 2.45) is 52.3 Å². The van der Waals surface area contributed by atoms with Crippen LogP contribution in [0, 0.1) is 52.3 Å². The normalized spacial score (nSPS) is 41.1. The van der Waals surface area contributed by atoms with Crippen LogP contribution in [0.1, 0.15) is 91.9 Å². The molecule has 0 aliphatic heterocycles. The Morgan fingerprint density at radius 2 is 1.72 bits per heavy atom. The molecule has 0 aromatic carbocycles. The Labute approximate surface area is 260 Å². The highest BCUT2D eigenvalue weighted by molar-refractivity contribution is 7.85. The molecule has 12 atom stereocenters. The van der Waals surface area contributed by atoms with Crippen molar-refractivity contribution >= 4 is 16.0 Å². The lowest BCUT2D eigenvalue weighted by Crippen LogP contribution is -2.62. The van der Waals surface area contributed by atoms with Crippen LogP contribution in [-0.2, 0) is 14.9 Å². The molecule has 4 fully saturated rings. The van der Waals surface area contributed by atoms with Crippen molar-refractivity contribution in [2.45, 2.75) is 110 Å². The maximum atomic E-state index is 12.8. The smallest absolute Gasteiger partial charge is 0.265 e. The van der Waals surface area contributed by atoms with Crippen LogP contribution in [0.25, 0.3) is 0 Å². The van der Waals surface area contributed by atoms with E-state index in [1.807, 2.05) is 21.0 Å². The number of carbonyl (C=O) groups is 1. The molecular formula is C33H61N2O7S+. The van der Waals surface area contributed by atoms with Crippen molar-refractivity contribution in [2.75, 3.05) is 39.5 Å². The van der Waals surface area contributed by atoms with Gasteiger partial charge >= 0.3 is 0 Å². The Bertz CT molecular complexity index is 1090. The van der Waals surface area contributed by atoms with Gasteiger partial charge in [-0.1, -0.05) is 27.7 Å². The number of carbonyl (C=O) groups excluding carboxylic acids is 1. The van der Waals surface area contributed by atoms with Gasteiger partial charge in [-0.2, -0.15) is 8.42 Å². The van der Waals surface area contributed by atoms with Crippen LogP contribution in [0.4, 0.5) is 0 Å². The van der Waals surface area contributed by atoms with Gasteiger partial charge in [-0.25, -0.2) is 0 Å². The molecule has 0 saturated heterocycles. The zero-order valence-corrected chi connectivity index (χ0v) is 28.4. The summed E-state index contributed by atoms with van der Waals surface area (Å²) in [6.45, 7) is 10.7. The largest absolute Gasteiger partial charge is 0.393 e. The van der Waals surface area contributed by atoms with Gasteiger partial charge in [0, 0.05) is 25.3 Å². The second-order valence-corrected chi connectivity index (χ2v) is 17.9. The minimum atomic E-state index is -3.98. The summed E-state index contributed by atoms with van der Waals surface area (Å²) in [5.41, 5.74) is -0.189. The van der Waals surface area contributed by atoms with Crippen LogP contribution in [0.2, 0.25) is 0 Å². The fourth-order valence-electron chi connectivity index (χ4n) is 10.9. The molecule has 250 valence electrons. The number of rotatable bonds is 12. The van der Waals surface area contributed by atoms with E-state index in [4.69, 9.17) is 4.55 Å². The molecule has 4 aliphatic rings. The van der Waals surface area contributed by atoms with E-state index < -0.39 is 16.2 Å². The van der Waals surface area contributed by atoms with Crippen LogP contribution in [0.5, 0.6) is 0 Å². The number of hydrogen-bond donors (Lipinski definition) is 5. The maximum Gasteiger partial charge on any atom is 0.265 e. The topological polar surface area (TPSA) is 144 Å². The Morgan fingerprint density at radius 3 is 2.40 bits per heavy atom. The number of quaternary nitrogens is 1. The average Bonchev–Trinajstić information content (AvgIpc) is 3.24. The van der Waals surface area contributed by atoms with Crippen molar-refractivity contribution in [3.05, 3.63) is 0 Å². The first-order valence-corrected chi connectivity index (χ1v) is 18.6. The number of fused-ring (bicyclic) bond motifs is 5. The Kier molecular flexibility index (Phi) is 10.7. The van der Waals surface area contributed by atoms with Crippen molar-refractivity contribution in [3.63, 3.8) is 0 Å². The minimum Gasteiger partial charge on any atom is -0.393 e. The Hall–Kier alpha value is -0.780. The second kappa shape index (κ2) is 13.1. The van der Waals surface area contributed by atoms with Gasteiger partial charge in [0.2, 0.25) is 5.91 Å². The number of nitrogens with one attached hydrogen (secondary N) is 1. The highest BCUT2D eigenvalue weighted by Gasteiger charge is 2.65. The molecule has 0 aromatic heterocycles. The number of aliphatic hydroxyl groups excluding tert-OH is 3. The fourth-order valence-corrected chi connectivity index (χ4v) is 11.7. The summed E-state index contributed by atoms with van der Waals surface area (Å²) in [5.74, 6) is 1.34. The SMILES string of the molecule is CC(C[N+](C)(C)CCCNC(=O)CC[C@@H](C)[C@H]1CC[C@H]2[C@@H]3[C@H](O)C[C@@H]4C[C@H](O)CC[C@]4(C)[C@H]3C[C@H](O)[C@]12C)CS(=O)(=O)O. The van der Waals surface area contributed by atoms with Crippen molar-refractivity contribution < 1.29 is 37.6 Å². The van der Waals surface area contributed by atoms with Gasteiger partial charge in [-0.15, -0.1) is 0 Å². The van der Waals surface area contributed by atoms with E-state index >= 15 is 0 Å². The van der Waals surface area contributed by atoms with Gasteiger partial charge in [-0.05, 0) is 97.7 Å². The van der Waals surface area contributed by atoms with Gasteiger partial charge in [0.15, 0.2) is 0 Å². The molecule has 0 aromatic rings. The third-order valence-electron chi connectivity index (χ3n) is 12.9. The molecule has 4 rings (SSSR count). The van der Waals surface area contributed by atoms with Crippen LogP contribution in [0.3, 0.4) is 0 Å². The van der Waals surface area contributed by atoms with Gasteiger partial charge in [-0.3, -0.25) is 9.35 Å². The molecule has 0 radical (unpaired) electrons. The van der Waals surface area contributed by atoms with E-state index in [-0.39, 0.29) is 58.4 Å². The molecule has 0 spiro atoms. The van der Waals surface area contributed by atoms with E-state index in [2.05, 4.69) is 26.1 Å². The van der Waals surface area contributed by atoms with Crippen LogP contribution < -0.4 is 5.32 Å². The highest BCUT2D eigenvalue weighted by atomic mass is 32.2.